The molecule has 0 saturated heterocycles. The van der Waals surface area contributed by atoms with Crippen LogP contribution in [0.15, 0.2) is 18.2 Å². The third-order valence-electron chi connectivity index (χ3n) is 3.18. The second-order valence-electron chi connectivity index (χ2n) is 5.09. The normalized spacial score (nSPS) is 12.0. The average Bonchev–Trinajstić information content (AvgIpc) is 2.39. The van der Waals surface area contributed by atoms with Gasteiger partial charge in [-0.2, -0.15) is 0 Å². The third kappa shape index (κ3) is 6.83. The molecule has 0 saturated carbocycles. The molecule has 1 aromatic rings. The smallest absolute Gasteiger partial charge is 0.303 e. The van der Waals surface area contributed by atoms with Crippen LogP contribution in [0.2, 0.25) is 0 Å². The lowest BCUT2D eigenvalue weighted by molar-refractivity contribution is -0.137. The van der Waals surface area contributed by atoms with Crippen LogP contribution >= 0.6 is 0 Å². The SMILES string of the molecule is CC(CCNC(=O)Cc1ccc(F)cc1F)CCC(=O)O. The molecule has 116 valence electrons. The summed E-state index contributed by atoms with van der Waals surface area (Å²) in [5.74, 6) is -2.41. The first-order chi connectivity index (χ1) is 9.88. The maximum atomic E-state index is 13.4. The molecule has 0 fully saturated rings. The topological polar surface area (TPSA) is 66.4 Å². The minimum absolute atomic E-state index is 0.107. The van der Waals surface area contributed by atoms with Crippen LogP contribution in [0.4, 0.5) is 8.78 Å². The van der Waals surface area contributed by atoms with E-state index in [4.69, 9.17) is 5.11 Å². The highest BCUT2D eigenvalue weighted by Gasteiger charge is 2.10. The molecular weight excluding hydrogens is 280 g/mol. The van der Waals surface area contributed by atoms with Crippen molar-refractivity contribution >= 4 is 11.9 Å². The predicted molar refractivity (Wildman–Crippen MR) is 73.7 cm³/mol. The van der Waals surface area contributed by atoms with Gasteiger partial charge in [-0.25, -0.2) is 8.78 Å². The number of carboxylic acid groups (broad SMARTS) is 1. The van der Waals surface area contributed by atoms with Crippen molar-refractivity contribution in [3.63, 3.8) is 0 Å². The van der Waals surface area contributed by atoms with Gasteiger partial charge in [0.15, 0.2) is 0 Å². The van der Waals surface area contributed by atoms with E-state index in [1.165, 1.54) is 6.07 Å². The second kappa shape index (κ2) is 8.34. The van der Waals surface area contributed by atoms with E-state index < -0.39 is 17.6 Å². The Bertz CT molecular complexity index is 506. The first-order valence-electron chi connectivity index (χ1n) is 6.81. The van der Waals surface area contributed by atoms with E-state index in [0.717, 1.165) is 12.1 Å². The molecule has 1 aromatic carbocycles. The fraction of sp³-hybridized carbons (Fsp3) is 0.467. The Kier molecular flexibility index (Phi) is 6.78. The summed E-state index contributed by atoms with van der Waals surface area (Å²) in [6.45, 7) is 2.32. The molecule has 1 atom stereocenters. The van der Waals surface area contributed by atoms with Crippen molar-refractivity contribution in [2.24, 2.45) is 5.92 Å². The van der Waals surface area contributed by atoms with E-state index in [9.17, 15) is 18.4 Å². The number of aliphatic carboxylic acids is 1. The average molecular weight is 299 g/mol. The fourth-order valence-corrected chi connectivity index (χ4v) is 1.87. The summed E-state index contributed by atoms with van der Waals surface area (Å²) in [5.41, 5.74) is 0.146. The first kappa shape index (κ1) is 17.1. The second-order valence-corrected chi connectivity index (χ2v) is 5.09. The van der Waals surface area contributed by atoms with Crippen molar-refractivity contribution in [3.8, 4) is 0 Å². The molecule has 0 spiro atoms. The van der Waals surface area contributed by atoms with Crippen molar-refractivity contribution in [1.82, 2.24) is 5.32 Å². The van der Waals surface area contributed by atoms with Crippen LogP contribution in [-0.2, 0) is 16.0 Å². The van der Waals surface area contributed by atoms with Gasteiger partial charge in [-0.15, -0.1) is 0 Å². The van der Waals surface area contributed by atoms with Gasteiger partial charge in [-0.3, -0.25) is 9.59 Å². The number of halogens is 2. The van der Waals surface area contributed by atoms with Gasteiger partial charge < -0.3 is 10.4 Å². The van der Waals surface area contributed by atoms with Crippen molar-refractivity contribution in [2.45, 2.75) is 32.6 Å². The molecule has 0 aliphatic heterocycles. The highest BCUT2D eigenvalue weighted by Crippen LogP contribution is 2.11. The standard InChI is InChI=1S/C15H19F2NO3/c1-10(2-5-15(20)21)6-7-18-14(19)8-11-3-4-12(16)9-13(11)17/h3-4,9-10H,2,5-8H2,1H3,(H,18,19)(H,20,21). The summed E-state index contributed by atoms with van der Waals surface area (Å²) in [5, 5.41) is 11.2. The van der Waals surface area contributed by atoms with Crippen LogP contribution in [0.1, 0.15) is 31.7 Å². The lowest BCUT2D eigenvalue weighted by Gasteiger charge is -2.11. The molecule has 4 nitrogen and oxygen atoms in total. The fourth-order valence-electron chi connectivity index (χ4n) is 1.87. The maximum Gasteiger partial charge on any atom is 0.303 e. The molecule has 0 aliphatic rings. The van der Waals surface area contributed by atoms with Crippen LogP contribution in [0, 0.1) is 17.6 Å². The Morgan fingerprint density at radius 2 is 2.00 bits per heavy atom. The highest BCUT2D eigenvalue weighted by molar-refractivity contribution is 5.78. The number of rotatable bonds is 8. The number of hydrogen-bond acceptors (Lipinski definition) is 2. The van der Waals surface area contributed by atoms with Crippen LogP contribution in [0.3, 0.4) is 0 Å². The van der Waals surface area contributed by atoms with Crippen LogP contribution in [0.5, 0.6) is 0 Å². The van der Waals surface area contributed by atoms with E-state index in [0.29, 0.717) is 19.4 Å². The first-order valence-corrected chi connectivity index (χ1v) is 6.81. The van der Waals surface area contributed by atoms with Crippen molar-refractivity contribution in [2.75, 3.05) is 6.54 Å². The predicted octanol–water partition coefficient (Wildman–Crippen LogP) is 2.51. The zero-order valence-corrected chi connectivity index (χ0v) is 11.9. The molecule has 21 heavy (non-hydrogen) atoms. The maximum absolute atomic E-state index is 13.4. The molecule has 6 heteroatoms. The van der Waals surface area contributed by atoms with Gasteiger partial charge in [0.2, 0.25) is 5.91 Å². The number of carbonyl (C=O) groups is 2. The number of carboxylic acids is 1. The Balaban J connectivity index is 2.29. The monoisotopic (exact) mass is 299 g/mol. The lowest BCUT2D eigenvalue weighted by Crippen LogP contribution is -2.27. The summed E-state index contributed by atoms with van der Waals surface area (Å²) in [7, 11) is 0. The molecule has 0 bridgehead atoms. The lowest BCUT2D eigenvalue weighted by atomic mass is 10.0. The Labute approximate surface area is 122 Å². The number of hydrogen-bond donors (Lipinski definition) is 2. The minimum atomic E-state index is -0.835. The zero-order chi connectivity index (χ0) is 15.8. The van der Waals surface area contributed by atoms with E-state index in [1.807, 2.05) is 6.92 Å². The number of carbonyl (C=O) groups excluding carboxylic acids is 1. The summed E-state index contributed by atoms with van der Waals surface area (Å²) < 4.78 is 26.1. The molecular formula is C15H19F2NO3. The Hall–Kier alpha value is -1.98. The van der Waals surface area contributed by atoms with Gasteiger partial charge in [0.1, 0.15) is 11.6 Å². The minimum Gasteiger partial charge on any atom is -0.481 e. The van der Waals surface area contributed by atoms with Gasteiger partial charge >= 0.3 is 5.97 Å². The summed E-state index contributed by atoms with van der Waals surface area (Å²) >= 11 is 0. The van der Waals surface area contributed by atoms with Gasteiger partial charge in [0, 0.05) is 19.0 Å². The summed E-state index contributed by atoms with van der Waals surface area (Å²) in [6.07, 6.45) is 1.17. The largest absolute Gasteiger partial charge is 0.481 e. The molecule has 0 aromatic heterocycles. The van der Waals surface area contributed by atoms with Crippen LogP contribution in [-0.4, -0.2) is 23.5 Å². The van der Waals surface area contributed by atoms with Crippen molar-refractivity contribution in [1.29, 1.82) is 0 Å². The van der Waals surface area contributed by atoms with Crippen LogP contribution in [0.25, 0.3) is 0 Å². The molecule has 2 N–H and O–H groups in total. The Morgan fingerprint density at radius 3 is 2.62 bits per heavy atom. The van der Waals surface area contributed by atoms with E-state index in [-0.39, 0.29) is 30.2 Å². The molecule has 0 heterocycles. The molecule has 1 amide bonds. The molecule has 1 rings (SSSR count). The molecule has 0 aliphatic carbocycles. The number of amides is 1. The van der Waals surface area contributed by atoms with Crippen molar-refractivity contribution in [3.05, 3.63) is 35.4 Å². The van der Waals surface area contributed by atoms with E-state index in [2.05, 4.69) is 5.32 Å². The highest BCUT2D eigenvalue weighted by atomic mass is 19.1. The zero-order valence-electron chi connectivity index (χ0n) is 11.9. The quantitative estimate of drug-likeness (QED) is 0.775. The summed E-state index contributed by atoms with van der Waals surface area (Å²) in [6, 6.07) is 3.11. The van der Waals surface area contributed by atoms with Gasteiger partial charge in [-0.05, 0) is 30.4 Å². The molecule has 1 unspecified atom stereocenters. The number of benzene rings is 1. The third-order valence-corrected chi connectivity index (χ3v) is 3.18. The Morgan fingerprint density at radius 1 is 1.29 bits per heavy atom. The van der Waals surface area contributed by atoms with Crippen LogP contribution < -0.4 is 5.32 Å². The van der Waals surface area contributed by atoms with E-state index in [1.54, 1.807) is 0 Å². The summed E-state index contributed by atoms with van der Waals surface area (Å²) in [4.78, 5) is 22.0. The van der Waals surface area contributed by atoms with Gasteiger partial charge in [0.05, 0.1) is 6.42 Å². The molecule has 0 radical (unpaired) electrons. The number of nitrogens with one attached hydrogen (secondary N) is 1. The van der Waals surface area contributed by atoms with Gasteiger partial charge in [-0.1, -0.05) is 13.0 Å². The van der Waals surface area contributed by atoms with Crippen molar-refractivity contribution < 1.29 is 23.5 Å². The van der Waals surface area contributed by atoms with E-state index >= 15 is 0 Å². The van der Waals surface area contributed by atoms with Gasteiger partial charge in [0.25, 0.3) is 0 Å².